The zero-order valence-corrected chi connectivity index (χ0v) is 13.7. The van der Waals surface area contributed by atoms with Gasteiger partial charge in [0.25, 0.3) is 0 Å². The van der Waals surface area contributed by atoms with Gasteiger partial charge in [-0.25, -0.2) is 9.78 Å². The van der Waals surface area contributed by atoms with Gasteiger partial charge >= 0.3 is 5.97 Å². The highest BCUT2D eigenvalue weighted by Gasteiger charge is 2.10. The molecule has 5 heteroatoms. The predicted octanol–water partition coefficient (Wildman–Crippen LogP) is 3.05. The number of nitrogens with one attached hydrogen (secondary N) is 1. The first-order valence-corrected chi connectivity index (χ1v) is 7.50. The quantitative estimate of drug-likeness (QED) is 0.721. The number of carbonyl (C=O) groups is 1. The Morgan fingerprint density at radius 3 is 2.52 bits per heavy atom. The first-order valence-electron chi connectivity index (χ1n) is 7.50. The molecule has 5 nitrogen and oxygen atoms in total. The van der Waals surface area contributed by atoms with Gasteiger partial charge in [0, 0.05) is 18.3 Å². The van der Waals surface area contributed by atoms with Crippen molar-refractivity contribution in [3.63, 3.8) is 0 Å². The second-order valence-corrected chi connectivity index (χ2v) is 5.98. The minimum Gasteiger partial charge on any atom is -0.478 e. The monoisotopic (exact) mass is 293 g/mol. The van der Waals surface area contributed by atoms with E-state index >= 15 is 0 Å². The van der Waals surface area contributed by atoms with Crippen molar-refractivity contribution < 1.29 is 9.90 Å². The molecule has 0 saturated heterocycles. The van der Waals surface area contributed by atoms with E-state index in [0.717, 1.165) is 25.2 Å². The number of carboxylic acid groups (broad SMARTS) is 1. The van der Waals surface area contributed by atoms with Crippen LogP contribution in [0.2, 0.25) is 0 Å². The Labute approximate surface area is 127 Å². The SMILES string of the molecule is CC(C)c1cc(C(=O)O)cc(NCCCN(C)C(C)C)n1. The molecule has 0 fully saturated rings. The van der Waals surface area contributed by atoms with Gasteiger partial charge in [0.15, 0.2) is 0 Å². The molecule has 0 saturated carbocycles. The summed E-state index contributed by atoms with van der Waals surface area (Å²) < 4.78 is 0. The molecule has 0 atom stereocenters. The molecule has 0 unspecified atom stereocenters. The number of hydrogen-bond acceptors (Lipinski definition) is 4. The van der Waals surface area contributed by atoms with E-state index in [2.05, 4.69) is 36.1 Å². The maximum Gasteiger partial charge on any atom is 0.335 e. The molecule has 1 aromatic heterocycles. The van der Waals surface area contributed by atoms with Gasteiger partial charge in [0.05, 0.1) is 5.56 Å². The summed E-state index contributed by atoms with van der Waals surface area (Å²) in [5.41, 5.74) is 1.09. The third kappa shape index (κ3) is 5.71. The minimum atomic E-state index is -0.915. The predicted molar refractivity (Wildman–Crippen MR) is 86.2 cm³/mol. The van der Waals surface area contributed by atoms with Crippen LogP contribution in [0.5, 0.6) is 0 Å². The highest BCUT2D eigenvalue weighted by molar-refractivity contribution is 5.88. The fourth-order valence-corrected chi connectivity index (χ4v) is 1.86. The van der Waals surface area contributed by atoms with E-state index in [4.69, 9.17) is 5.11 Å². The molecular weight excluding hydrogens is 266 g/mol. The number of anilines is 1. The number of aromatic carboxylic acids is 1. The Morgan fingerprint density at radius 2 is 2.00 bits per heavy atom. The normalized spacial score (nSPS) is 11.4. The second-order valence-electron chi connectivity index (χ2n) is 5.98. The van der Waals surface area contributed by atoms with Gasteiger partial charge < -0.3 is 15.3 Å². The molecule has 0 amide bonds. The fourth-order valence-electron chi connectivity index (χ4n) is 1.86. The van der Waals surface area contributed by atoms with Crippen molar-refractivity contribution in [2.45, 2.75) is 46.1 Å². The van der Waals surface area contributed by atoms with E-state index in [1.165, 1.54) is 0 Å². The molecule has 0 spiro atoms. The number of pyridine rings is 1. The average molecular weight is 293 g/mol. The topological polar surface area (TPSA) is 65.5 Å². The van der Waals surface area contributed by atoms with Gasteiger partial charge in [-0.05, 0) is 51.9 Å². The number of nitrogens with zero attached hydrogens (tertiary/aromatic N) is 2. The van der Waals surface area contributed by atoms with E-state index < -0.39 is 5.97 Å². The summed E-state index contributed by atoms with van der Waals surface area (Å²) in [6, 6.07) is 3.77. The number of hydrogen-bond donors (Lipinski definition) is 2. The van der Waals surface area contributed by atoms with Gasteiger partial charge in [-0.2, -0.15) is 0 Å². The minimum absolute atomic E-state index is 0.205. The molecule has 1 aromatic rings. The van der Waals surface area contributed by atoms with Crippen LogP contribution in [0.1, 0.15) is 56.1 Å². The number of carboxylic acids is 1. The van der Waals surface area contributed by atoms with E-state index in [0.29, 0.717) is 11.9 Å². The van der Waals surface area contributed by atoms with Crippen LogP contribution >= 0.6 is 0 Å². The Bertz CT molecular complexity index is 473. The maximum absolute atomic E-state index is 11.2. The first-order chi connectivity index (χ1) is 9.81. The molecule has 0 radical (unpaired) electrons. The zero-order valence-electron chi connectivity index (χ0n) is 13.7. The maximum atomic E-state index is 11.2. The van der Waals surface area contributed by atoms with Crippen LogP contribution < -0.4 is 5.32 Å². The van der Waals surface area contributed by atoms with Crippen LogP contribution in [0.15, 0.2) is 12.1 Å². The summed E-state index contributed by atoms with van der Waals surface area (Å²) in [6.07, 6.45) is 0.991. The molecule has 1 heterocycles. The molecular formula is C16H27N3O2. The molecule has 0 aliphatic heterocycles. The van der Waals surface area contributed by atoms with Crippen molar-refractivity contribution in [1.29, 1.82) is 0 Å². The first kappa shape index (κ1) is 17.4. The van der Waals surface area contributed by atoms with Gasteiger partial charge in [-0.3, -0.25) is 0 Å². The largest absolute Gasteiger partial charge is 0.478 e. The summed E-state index contributed by atoms with van der Waals surface area (Å²) in [5.74, 6) is -0.0652. The van der Waals surface area contributed by atoms with Crippen LogP contribution in [0.4, 0.5) is 5.82 Å². The van der Waals surface area contributed by atoms with E-state index in [9.17, 15) is 4.79 Å². The molecule has 2 N–H and O–H groups in total. The van der Waals surface area contributed by atoms with Crippen LogP contribution in [0.3, 0.4) is 0 Å². The van der Waals surface area contributed by atoms with Crippen LogP contribution in [0, 0.1) is 0 Å². The second kappa shape index (κ2) is 7.98. The molecule has 0 bridgehead atoms. The molecule has 1 rings (SSSR count). The van der Waals surface area contributed by atoms with Crippen LogP contribution in [-0.2, 0) is 0 Å². The lowest BCUT2D eigenvalue weighted by Crippen LogP contribution is -2.28. The summed E-state index contributed by atoms with van der Waals surface area (Å²) in [7, 11) is 2.10. The highest BCUT2D eigenvalue weighted by atomic mass is 16.4. The van der Waals surface area contributed by atoms with Gasteiger partial charge in [0.2, 0.25) is 0 Å². The van der Waals surface area contributed by atoms with Crippen LogP contribution in [-0.4, -0.2) is 47.1 Å². The van der Waals surface area contributed by atoms with E-state index in [1.807, 2.05) is 13.8 Å². The summed E-state index contributed by atoms with van der Waals surface area (Å²) in [4.78, 5) is 17.9. The summed E-state index contributed by atoms with van der Waals surface area (Å²) >= 11 is 0. The van der Waals surface area contributed by atoms with Crippen LogP contribution in [0.25, 0.3) is 0 Å². The van der Waals surface area contributed by atoms with Crippen molar-refractivity contribution in [3.05, 3.63) is 23.4 Å². The highest BCUT2D eigenvalue weighted by Crippen LogP contribution is 2.17. The average Bonchev–Trinajstić information content (AvgIpc) is 2.42. The standard InChI is InChI=1S/C16H27N3O2/c1-11(2)14-9-13(16(20)21)10-15(18-14)17-7-6-8-19(5)12(3)4/h9-12H,6-8H2,1-5H3,(H,17,18)(H,20,21). The van der Waals surface area contributed by atoms with E-state index in [-0.39, 0.29) is 11.5 Å². The molecule has 21 heavy (non-hydrogen) atoms. The Balaban J connectivity index is 2.64. The third-order valence-corrected chi connectivity index (χ3v) is 3.56. The summed E-state index contributed by atoms with van der Waals surface area (Å²) in [6.45, 7) is 10.1. The number of rotatable bonds is 8. The molecule has 0 aliphatic rings. The van der Waals surface area contributed by atoms with Gasteiger partial charge in [-0.1, -0.05) is 13.8 Å². The Morgan fingerprint density at radius 1 is 1.33 bits per heavy atom. The van der Waals surface area contributed by atoms with Gasteiger partial charge in [0.1, 0.15) is 5.82 Å². The Kier molecular flexibility index (Phi) is 6.62. The molecule has 0 aromatic carbocycles. The fraction of sp³-hybridized carbons (Fsp3) is 0.625. The van der Waals surface area contributed by atoms with Crippen molar-refractivity contribution in [3.8, 4) is 0 Å². The lowest BCUT2D eigenvalue weighted by atomic mass is 10.1. The zero-order chi connectivity index (χ0) is 16.0. The summed E-state index contributed by atoms with van der Waals surface area (Å²) in [5, 5.41) is 12.4. The Hall–Kier alpha value is -1.62. The van der Waals surface area contributed by atoms with Crippen molar-refractivity contribution in [1.82, 2.24) is 9.88 Å². The lowest BCUT2D eigenvalue weighted by molar-refractivity contribution is 0.0696. The number of aromatic nitrogens is 1. The van der Waals surface area contributed by atoms with Crippen molar-refractivity contribution >= 4 is 11.8 Å². The van der Waals surface area contributed by atoms with Crippen molar-refractivity contribution in [2.24, 2.45) is 0 Å². The van der Waals surface area contributed by atoms with E-state index in [1.54, 1.807) is 12.1 Å². The molecule has 118 valence electrons. The lowest BCUT2D eigenvalue weighted by Gasteiger charge is -2.20. The van der Waals surface area contributed by atoms with Gasteiger partial charge in [-0.15, -0.1) is 0 Å². The smallest absolute Gasteiger partial charge is 0.335 e. The third-order valence-electron chi connectivity index (χ3n) is 3.56. The van der Waals surface area contributed by atoms with Crippen molar-refractivity contribution in [2.75, 3.05) is 25.5 Å². The molecule has 0 aliphatic carbocycles.